The molecule has 156 valence electrons. The molecular formula is C26H23ClN2O2. The molecule has 0 bridgehead atoms. The molecule has 0 fully saturated rings. The number of aryl methyl sites for hydroxylation is 2. The highest BCUT2D eigenvalue weighted by Crippen LogP contribution is 2.38. The minimum absolute atomic E-state index is 0.325. The molecule has 0 radical (unpaired) electrons. The lowest BCUT2D eigenvalue weighted by Gasteiger charge is -2.25. The van der Waals surface area contributed by atoms with Crippen LogP contribution in [0.15, 0.2) is 78.5 Å². The summed E-state index contributed by atoms with van der Waals surface area (Å²) in [6.45, 7) is 6.36. The molecule has 4 rings (SSSR count). The van der Waals surface area contributed by atoms with Crippen LogP contribution in [0.1, 0.15) is 23.6 Å². The molecule has 3 aromatic carbocycles. The summed E-state index contributed by atoms with van der Waals surface area (Å²) >= 11 is 6.08. The number of carbonyl (C=O) groups excluding carboxylic acids is 2. The summed E-state index contributed by atoms with van der Waals surface area (Å²) in [5.74, 6) is -0.653. The number of amides is 2. The van der Waals surface area contributed by atoms with Crippen LogP contribution in [0, 0.1) is 13.8 Å². The Bertz CT molecular complexity index is 1180. The van der Waals surface area contributed by atoms with Crippen LogP contribution in [0.3, 0.4) is 0 Å². The molecule has 0 aliphatic carbocycles. The number of anilines is 2. The van der Waals surface area contributed by atoms with Crippen molar-refractivity contribution in [3.63, 3.8) is 0 Å². The summed E-state index contributed by atoms with van der Waals surface area (Å²) in [4.78, 5) is 30.7. The largest absolute Gasteiger partial charge is 0.337 e. The van der Waals surface area contributed by atoms with Gasteiger partial charge < -0.3 is 4.90 Å². The van der Waals surface area contributed by atoms with Gasteiger partial charge in [0.15, 0.2) is 0 Å². The SMILES string of the molecule is CCN(C1=C(c2ccc(Cl)cc2)C(=O)N(c2cc(C)ccc2C)C1=O)c1ccccc1. The summed E-state index contributed by atoms with van der Waals surface area (Å²) in [6.07, 6.45) is 0. The van der Waals surface area contributed by atoms with Crippen LogP contribution in [-0.2, 0) is 9.59 Å². The van der Waals surface area contributed by atoms with Crippen molar-refractivity contribution in [1.29, 1.82) is 0 Å². The van der Waals surface area contributed by atoms with E-state index >= 15 is 0 Å². The number of para-hydroxylation sites is 1. The molecule has 0 spiro atoms. The summed E-state index contributed by atoms with van der Waals surface area (Å²) in [5, 5.41) is 0.574. The molecule has 2 amide bonds. The molecule has 0 unspecified atom stereocenters. The van der Waals surface area contributed by atoms with Gasteiger partial charge in [-0.25, -0.2) is 4.90 Å². The van der Waals surface area contributed by atoms with Gasteiger partial charge in [-0.05, 0) is 67.8 Å². The Morgan fingerprint density at radius 1 is 0.871 bits per heavy atom. The van der Waals surface area contributed by atoms with Crippen molar-refractivity contribution in [2.45, 2.75) is 20.8 Å². The quantitative estimate of drug-likeness (QED) is 0.482. The second kappa shape index (κ2) is 8.40. The third-order valence-electron chi connectivity index (χ3n) is 5.45. The average molecular weight is 431 g/mol. The van der Waals surface area contributed by atoms with E-state index in [0.717, 1.165) is 16.8 Å². The van der Waals surface area contributed by atoms with Crippen molar-refractivity contribution in [3.8, 4) is 0 Å². The van der Waals surface area contributed by atoms with Gasteiger partial charge in [-0.1, -0.05) is 54.1 Å². The van der Waals surface area contributed by atoms with E-state index in [2.05, 4.69) is 0 Å². The average Bonchev–Trinajstić information content (AvgIpc) is 3.02. The summed E-state index contributed by atoms with van der Waals surface area (Å²) in [6, 6.07) is 22.5. The Hall–Kier alpha value is -3.37. The Labute approximate surface area is 187 Å². The zero-order valence-corrected chi connectivity index (χ0v) is 18.5. The van der Waals surface area contributed by atoms with Crippen LogP contribution in [-0.4, -0.2) is 18.4 Å². The van der Waals surface area contributed by atoms with E-state index in [-0.39, 0.29) is 11.8 Å². The van der Waals surface area contributed by atoms with Gasteiger partial charge in [-0.3, -0.25) is 9.59 Å². The monoisotopic (exact) mass is 430 g/mol. The molecule has 0 saturated carbocycles. The highest BCUT2D eigenvalue weighted by atomic mass is 35.5. The first-order valence-corrected chi connectivity index (χ1v) is 10.6. The third kappa shape index (κ3) is 3.75. The van der Waals surface area contributed by atoms with Crippen LogP contribution in [0.2, 0.25) is 5.02 Å². The zero-order chi connectivity index (χ0) is 22.1. The number of nitrogens with zero attached hydrogens (tertiary/aromatic N) is 2. The lowest BCUT2D eigenvalue weighted by Crippen LogP contribution is -2.35. The summed E-state index contributed by atoms with van der Waals surface area (Å²) < 4.78 is 0. The van der Waals surface area contributed by atoms with E-state index in [1.54, 1.807) is 24.3 Å². The number of hydrogen-bond donors (Lipinski definition) is 0. The van der Waals surface area contributed by atoms with Crippen LogP contribution < -0.4 is 9.80 Å². The van der Waals surface area contributed by atoms with Crippen molar-refractivity contribution in [2.24, 2.45) is 0 Å². The molecule has 0 N–H and O–H groups in total. The normalized spacial score (nSPS) is 13.9. The molecule has 1 aliphatic rings. The fraction of sp³-hybridized carbons (Fsp3) is 0.154. The molecule has 1 aliphatic heterocycles. The van der Waals surface area contributed by atoms with Gasteiger partial charge in [0.05, 0.1) is 11.3 Å². The fourth-order valence-electron chi connectivity index (χ4n) is 3.90. The number of imide groups is 1. The van der Waals surface area contributed by atoms with Gasteiger partial charge in [-0.15, -0.1) is 0 Å². The number of carbonyl (C=O) groups is 2. The minimum Gasteiger partial charge on any atom is -0.337 e. The molecule has 31 heavy (non-hydrogen) atoms. The van der Waals surface area contributed by atoms with E-state index in [1.165, 1.54) is 4.90 Å². The van der Waals surface area contributed by atoms with Crippen molar-refractivity contribution < 1.29 is 9.59 Å². The van der Waals surface area contributed by atoms with Crippen molar-refractivity contribution >= 4 is 40.4 Å². The number of rotatable bonds is 5. The molecule has 0 atom stereocenters. The van der Waals surface area contributed by atoms with Gasteiger partial charge in [0, 0.05) is 17.3 Å². The lowest BCUT2D eigenvalue weighted by molar-refractivity contribution is -0.120. The van der Waals surface area contributed by atoms with Crippen molar-refractivity contribution in [2.75, 3.05) is 16.3 Å². The van der Waals surface area contributed by atoms with E-state index in [9.17, 15) is 9.59 Å². The van der Waals surface area contributed by atoms with E-state index in [1.807, 2.05) is 74.2 Å². The second-order valence-corrected chi connectivity index (χ2v) is 7.98. The van der Waals surface area contributed by atoms with E-state index in [4.69, 9.17) is 11.6 Å². The van der Waals surface area contributed by atoms with Gasteiger partial charge in [0.2, 0.25) is 0 Å². The van der Waals surface area contributed by atoms with Crippen LogP contribution in [0.5, 0.6) is 0 Å². The molecular weight excluding hydrogens is 408 g/mol. The van der Waals surface area contributed by atoms with Gasteiger partial charge in [-0.2, -0.15) is 0 Å². The maximum atomic E-state index is 13.8. The predicted octanol–water partition coefficient (Wildman–Crippen LogP) is 5.77. The molecule has 5 heteroatoms. The standard InChI is InChI=1S/C26H23ClN2O2/c1-4-28(21-8-6-5-7-9-21)24-23(19-12-14-20(27)15-13-19)25(30)29(26(24)31)22-16-17(2)10-11-18(22)3/h5-16H,4H2,1-3H3. The second-order valence-electron chi connectivity index (χ2n) is 7.55. The number of hydrogen-bond acceptors (Lipinski definition) is 3. The smallest absolute Gasteiger partial charge is 0.282 e. The first kappa shape index (κ1) is 20.9. The Morgan fingerprint density at radius 2 is 1.55 bits per heavy atom. The van der Waals surface area contributed by atoms with Crippen LogP contribution in [0.25, 0.3) is 5.57 Å². The molecule has 0 saturated heterocycles. The maximum absolute atomic E-state index is 13.8. The zero-order valence-electron chi connectivity index (χ0n) is 17.7. The Kier molecular flexibility index (Phi) is 5.66. The highest BCUT2D eigenvalue weighted by Gasteiger charge is 2.43. The molecule has 0 aromatic heterocycles. The van der Waals surface area contributed by atoms with Crippen LogP contribution in [0.4, 0.5) is 11.4 Å². The topological polar surface area (TPSA) is 40.6 Å². The molecule has 4 nitrogen and oxygen atoms in total. The van der Waals surface area contributed by atoms with E-state index < -0.39 is 0 Å². The Morgan fingerprint density at radius 3 is 2.19 bits per heavy atom. The number of benzene rings is 3. The third-order valence-corrected chi connectivity index (χ3v) is 5.70. The fourth-order valence-corrected chi connectivity index (χ4v) is 4.03. The Balaban J connectivity index is 1.93. The number of likely N-dealkylation sites (N-methyl/N-ethyl adjacent to an activating group) is 1. The van der Waals surface area contributed by atoms with E-state index in [0.29, 0.717) is 34.1 Å². The summed E-state index contributed by atoms with van der Waals surface area (Å²) in [5.41, 5.74) is 4.75. The van der Waals surface area contributed by atoms with Gasteiger partial charge in [0.1, 0.15) is 5.70 Å². The van der Waals surface area contributed by atoms with Crippen molar-refractivity contribution in [1.82, 2.24) is 0 Å². The first-order chi connectivity index (χ1) is 14.9. The van der Waals surface area contributed by atoms with Gasteiger partial charge in [0.25, 0.3) is 11.8 Å². The van der Waals surface area contributed by atoms with Gasteiger partial charge >= 0.3 is 0 Å². The van der Waals surface area contributed by atoms with Crippen molar-refractivity contribution in [3.05, 3.63) is 100 Å². The highest BCUT2D eigenvalue weighted by molar-refractivity contribution is 6.46. The lowest BCUT2D eigenvalue weighted by atomic mass is 10.0. The summed E-state index contributed by atoms with van der Waals surface area (Å²) in [7, 11) is 0. The van der Waals surface area contributed by atoms with Crippen LogP contribution >= 0.6 is 11.6 Å². The minimum atomic E-state index is -0.328. The maximum Gasteiger partial charge on any atom is 0.282 e. The predicted molar refractivity (Wildman–Crippen MR) is 126 cm³/mol. The number of halogens is 1. The molecule has 1 heterocycles. The molecule has 3 aromatic rings. The first-order valence-electron chi connectivity index (χ1n) is 10.2.